The van der Waals surface area contributed by atoms with Crippen molar-refractivity contribution in [2.75, 3.05) is 13.7 Å². The Kier molecular flexibility index (Phi) is 5.51. The fourth-order valence-electron chi connectivity index (χ4n) is 4.04. The molecule has 2 fully saturated rings. The predicted octanol–water partition coefficient (Wildman–Crippen LogP) is 1.82. The maximum atomic E-state index is 12.7. The lowest BCUT2D eigenvalue weighted by molar-refractivity contribution is -0.135. The minimum absolute atomic E-state index is 0.0105. The Labute approximate surface area is 155 Å². The summed E-state index contributed by atoms with van der Waals surface area (Å²) in [5.74, 6) is 0.506. The minimum atomic E-state index is -0.479. The third-order valence-corrected chi connectivity index (χ3v) is 5.72. The summed E-state index contributed by atoms with van der Waals surface area (Å²) in [4.78, 5) is 27.1. The Bertz CT molecular complexity index is 657. The number of amides is 2. The summed E-state index contributed by atoms with van der Waals surface area (Å²) < 4.78 is 5.16. The van der Waals surface area contributed by atoms with Gasteiger partial charge in [-0.3, -0.25) is 9.59 Å². The van der Waals surface area contributed by atoms with E-state index in [2.05, 4.69) is 5.32 Å². The molecule has 26 heavy (non-hydrogen) atoms. The van der Waals surface area contributed by atoms with Gasteiger partial charge in [-0.05, 0) is 43.9 Å². The number of carbonyl (C=O) groups excluding carboxylic acids is 2. The van der Waals surface area contributed by atoms with Gasteiger partial charge in [0.15, 0.2) is 0 Å². The highest BCUT2D eigenvalue weighted by molar-refractivity contribution is 5.90. The van der Waals surface area contributed by atoms with Crippen molar-refractivity contribution in [1.82, 2.24) is 10.2 Å². The lowest BCUT2D eigenvalue weighted by Crippen LogP contribution is -2.55. The van der Waals surface area contributed by atoms with Crippen LogP contribution in [-0.4, -0.2) is 41.9 Å². The second kappa shape index (κ2) is 7.66. The van der Waals surface area contributed by atoms with E-state index in [0.717, 1.165) is 37.0 Å². The average Bonchev–Trinajstić information content (AvgIpc) is 2.95. The normalized spacial score (nSPS) is 28.9. The number of likely N-dealkylation sites (tertiary alicyclic amines) is 1. The minimum Gasteiger partial charge on any atom is -0.497 e. The van der Waals surface area contributed by atoms with E-state index >= 15 is 0 Å². The van der Waals surface area contributed by atoms with E-state index in [9.17, 15) is 9.59 Å². The highest BCUT2D eigenvalue weighted by Gasteiger charge is 2.40. The number of methoxy groups -OCH3 is 1. The van der Waals surface area contributed by atoms with Gasteiger partial charge >= 0.3 is 0 Å². The number of nitrogens with zero attached hydrogens (tertiary/aromatic N) is 1. The lowest BCUT2D eigenvalue weighted by atomic mass is 9.74. The number of benzene rings is 1. The largest absolute Gasteiger partial charge is 0.497 e. The molecule has 1 saturated carbocycles. The number of carbonyl (C=O) groups is 2. The first kappa shape index (κ1) is 18.7. The predicted molar refractivity (Wildman–Crippen MR) is 99.5 cm³/mol. The molecule has 0 spiro atoms. The van der Waals surface area contributed by atoms with Crippen LogP contribution in [0.5, 0.6) is 5.75 Å². The van der Waals surface area contributed by atoms with Crippen LogP contribution in [0.1, 0.15) is 44.6 Å². The molecule has 0 aromatic heterocycles. The van der Waals surface area contributed by atoms with Crippen LogP contribution in [0.3, 0.4) is 0 Å². The van der Waals surface area contributed by atoms with E-state index in [4.69, 9.17) is 10.5 Å². The Morgan fingerprint density at radius 3 is 2.69 bits per heavy atom. The third kappa shape index (κ3) is 4.01. The highest BCUT2D eigenvalue weighted by Crippen LogP contribution is 2.32. The summed E-state index contributed by atoms with van der Waals surface area (Å²) in [5, 5.41) is 2.96. The van der Waals surface area contributed by atoms with Crippen LogP contribution in [0.4, 0.5) is 0 Å². The van der Waals surface area contributed by atoms with Gasteiger partial charge in [0.05, 0.1) is 13.0 Å². The number of rotatable bonds is 5. The van der Waals surface area contributed by atoms with E-state index < -0.39 is 11.6 Å². The third-order valence-electron chi connectivity index (χ3n) is 5.72. The molecule has 3 atom stereocenters. The molecule has 1 aliphatic heterocycles. The van der Waals surface area contributed by atoms with Gasteiger partial charge in [0.2, 0.25) is 11.8 Å². The molecular weight excluding hydrogens is 330 g/mol. The zero-order valence-corrected chi connectivity index (χ0v) is 15.7. The van der Waals surface area contributed by atoms with Gasteiger partial charge in [0.1, 0.15) is 11.8 Å². The Morgan fingerprint density at radius 1 is 1.31 bits per heavy atom. The second-order valence-corrected chi connectivity index (χ2v) is 7.76. The first-order valence-corrected chi connectivity index (χ1v) is 9.42. The van der Waals surface area contributed by atoms with Gasteiger partial charge < -0.3 is 20.7 Å². The fourth-order valence-corrected chi connectivity index (χ4v) is 4.04. The number of nitrogens with one attached hydrogen (secondary N) is 1. The van der Waals surface area contributed by atoms with E-state index in [1.54, 1.807) is 12.0 Å². The molecule has 1 saturated heterocycles. The first-order valence-electron chi connectivity index (χ1n) is 9.42. The zero-order valence-electron chi connectivity index (χ0n) is 15.7. The fraction of sp³-hybridized carbons (Fsp3) is 0.600. The lowest BCUT2D eigenvalue weighted by Gasteiger charge is -2.37. The van der Waals surface area contributed by atoms with E-state index in [-0.39, 0.29) is 17.7 Å². The van der Waals surface area contributed by atoms with Gasteiger partial charge in [-0.1, -0.05) is 25.0 Å². The smallest absolute Gasteiger partial charge is 0.245 e. The van der Waals surface area contributed by atoms with Crippen molar-refractivity contribution in [3.8, 4) is 5.75 Å². The van der Waals surface area contributed by atoms with Gasteiger partial charge in [-0.2, -0.15) is 0 Å². The Hall–Kier alpha value is -2.08. The average molecular weight is 359 g/mol. The molecule has 6 heteroatoms. The van der Waals surface area contributed by atoms with Gasteiger partial charge in [0.25, 0.3) is 0 Å². The Morgan fingerprint density at radius 2 is 2.04 bits per heavy atom. The van der Waals surface area contributed by atoms with Crippen LogP contribution in [0, 0.1) is 5.92 Å². The van der Waals surface area contributed by atoms with Crippen LogP contribution in [0.2, 0.25) is 0 Å². The molecule has 1 heterocycles. The molecule has 3 unspecified atom stereocenters. The van der Waals surface area contributed by atoms with Crippen LogP contribution in [-0.2, 0) is 16.1 Å². The second-order valence-electron chi connectivity index (χ2n) is 7.76. The van der Waals surface area contributed by atoms with Crippen LogP contribution in [0.25, 0.3) is 0 Å². The van der Waals surface area contributed by atoms with Crippen LogP contribution < -0.4 is 15.8 Å². The van der Waals surface area contributed by atoms with E-state index in [1.807, 2.05) is 31.2 Å². The van der Waals surface area contributed by atoms with Crippen molar-refractivity contribution in [1.29, 1.82) is 0 Å². The SMILES string of the molecule is COc1ccc(CN2CCC(NC(=O)C3CCCCC3(C)N)C2=O)cc1. The van der Waals surface area contributed by atoms with Gasteiger partial charge in [-0.15, -0.1) is 0 Å². The zero-order chi connectivity index (χ0) is 18.7. The van der Waals surface area contributed by atoms with Gasteiger partial charge in [-0.25, -0.2) is 0 Å². The number of hydrogen-bond donors (Lipinski definition) is 2. The summed E-state index contributed by atoms with van der Waals surface area (Å²) in [6, 6.07) is 7.26. The van der Waals surface area contributed by atoms with Crippen LogP contribution in [0.15, 0.2) is 24.3 Å². The van der Waals surface area contributed by atoms with E-state index in [0.29, 0.717) is 19.5 Å². The number of hydrogen-bond acceptors (Lipinski definition) is 4. The number of nitrogens with two attached hydrogens (primary N) is 1. The molecule has 6 nitrogen and oxygen atoms in total. The van der Waals surface area contributed by atoms with Crippen molar-refractivity contribution in [2.24, 2.45) is 11.7 Å². The molecular formula is C20H29N3O3. The molecule has 142 valence electrons. The van der Waals surface area contributed by atoms with E-state index in [1.165, 1.54) is 0 Å². The summed E-state index contributed by atoms with van der Waals surface area (Å²) in [7, 11) is 1.63. The summed E-state index contributed by atoms with van der Waals surface area (Å²) in [6.07, 6.45) is 4.39. The summed E-state index contributed by atoms with van der Waals surface area (Å²) in [6.45, 7) is 3.15. The van der Waals surface area contributed by atoms with Crippen molar-refractivity contribution < 1.29 is 14.3 Å². The molecule has 2 amide bonds. The molecule has 1 aromatic carbocycles. The summed E-state index contributed by atoms with van der Waals surface area (Å²) >= 11 is 0. The number of ether oxygens (including phenoxy) is 1. The van der Waals surface area contributed by atoms with Crippen molar-refractivity contribution in [2.45, 2.75) is 57.2 Å². The topological polar surface area (TPSA) is 84.7 Å². The van der Waals surface area contributed by atoms with Gasteiger partial charge in [0, 0.05) is 18.6 Å². The highest BCUT2D eigenvalue weighted by atomic mass is 16.5. The molecule has 0 radical (unpaired) electrons. The van der Waals surface area contributed by atoms with Crippen LogP contribution >= 0.6 is 0 Å². The molecule has 1 aliphatic carbocycles. The standard InChI is InChI=1S/C20H29N3O3/c1-20(21)11-4-3-5-16(20)18(24)22-17-10-12-23(19(17)25)13-14-6-8-15(26-2)9-7-14/h6-9,16-17H,3-5,10-13,21H2,1-2H3,(H,22,24). The maximum Gasteiger partial charge on any atom is 0.245 e. The molecule has 1 aromatic rings. The van der Waals surface area contributed by atoms with Crippen molar-refractivity contribution >= 4 is 11.8 Å². The molecule has 3 N–H and O–H groups in total. The molecule has 0 bridgehead atoms. The monoisotopic (exact) mass is 359 g/mol. The summed E-state index contributed by atoms with van der Waals surface area (Å²) in [5.41, 5.74) is 6.89. The van der Waals surface area contributed by atoms with Crippen molar-refractivity contribution in [3.63, 3.8) is 0 Å². The molecule has 2 aliphatic rings. The van der Waals surface area contributed by atoms with Crippen molar-refractivity contribution in [3.05, 3.63) is 29.8 Å². The maximum absolute atomic E-state index is 12.7. The quantitative estimate of drug-likeness (QED) is 0.840. The molecule has 3 rings (SSSR count). The Balaban J connectivity index is 1.57. The first-order chi connectivity index (χ1) is 12.4.